The Morgan fingerprint density at radius 3 is 2.94 bits per heavy atom. The van der Waals surface area contributed by atoms with Gasteiger partial charge in [-0.1, -0.05) is 18.2 Å². The quantitative estimate of drug-likeness (QED) is 0.496. The maximum absolute atomic E-state index is 14.5. The van der Waals surface area contributed by atoms with Crippen molar-refractivity contribution in [2.75, 3.05) is 31.6 Å². The van der Waals surface area contributed by atoms with Gasteiger partial charge in [0.2, 0.25) is 11.8 Å². The molecule has 4 amide bonds. The average molecular weight is 452 g/mol. The number of hydrogen-bond acceptors (Lipinski definition) is 6. The fraction of sp³-hybridized carbons (Fsp3) is 0.500. The van der Waals surface area contributed by atoms with Crippen molar-refractivity contribution >= 4 is 34.4 Å². The fourth-order valence-corrected chi connectivity index (χ4v) is 4.11. The van der Waals surface area contributed by atoms with E-state index in [9.17, 15) is 18.8 Å². The summed E-state index contributed by atoms with van der Waals surface area (Å²) < 4.78 is 24.1. The molecule has 2 aliphatic rings. The minimum Gasteiger partial charge on any atom is -0.476 e. The molecule has 168 valence electrons. The van der Waals surface area contributed by atoms with Crippen LogP contribution in [0.2, 0.25) is 0 Å². The summed E-state index contributed by atoms with van der Waals surface area (Å²) in [4.78, 5) is 37.4. The first kappa shape index (κ1) is 22.7. The number of urea groups is 1. The minimum atomic E-state index is -1.59. The zero-order valence-electron chi connectivity index (χ0n) is 17.2. The molecule has 2 heterocycles. The van der Waals surface area contributed by atoms with Gasteiger partial charge in [0.1, 0.15) is 16.2 Å². The first-order chi connectivity index (χ1) is 14.8. The Kier molecular flexibility index (Phi) is 7.26. The van der Waals surface area contributed by atoms with E-state index >= 15 is 0 Å². The number of nitrogens with one attached hydrogen (secondary N) is 2. The zero-order chi connectivity index (χ0) is 22.4. The highest BCUT2D eigenvalue weighted by molar-refractivity contribution is 7.11. The molecular weight excluding hydrogens is 425 g/mol. The second-order valence-electron chi connectivity index (χ2n) is 7.59. The van der Waals surface area contributed by atoms with Crippen LogP contribution in [0.15, 0.2) is 24.3 Å². The number of nitrogens with two attached hydrogens (primary N) is 1. The highest BCUT2D eigenvalue weighted by Crippen LogP contribution is 2.33. The van der Waals surface area contributed by atoms with Gasteiger partial charge < -0.3 is 20.7 Å². The van der Waals surface area contributed by atoms with Gasteiger partial charge in [-0.3, -0.25) is 14.9 Å². The predicted octanol–water partition coefficient (Wildman–Crippen LogP) is 2.23. The lowest BCUT2D eigenvalue weighted by Gasteiger charge is -2.26. The number of rotatable bonds is 9. The van der Waals surface area contributed by atoms with Crippen LogP contribution >= 0.6 is 11.5 Å². The summed E-state index contributed by atoms with van der Waals surface area (Å²) in [5.74, 6) is -1.27. The van der Waals surface area contributed by atoms with Gasteiger partial charge in [0.15, 0.2) is 0 Å². The largest absolute Gasteiger partial charge is 0.476 e. The van der Waals surface area contributed by atoms with E-state index in [1.54, 1.807) is 23.1 Å². The van der Waals surface area contributed by atoms with E-state index in [0.29, 0.717) is 25.9 Å². The lowest BCUT2D eigenvalue weighted by molar-refractivity contribution is -0.127. The number of amides is 4. The van der Waals surface area contributed by atoms with Crippen LogP contribution in [0.4, 0.5) is 14.2 Å². The summed E-state index contributed by atoms with van der Waals surface area (Å²) in [6.45, 7) is 3.10. The maximum atomic E-state index is 14.5. The molecule has 4 N–H and O–H groups in total. The molecule has 0 aromatic carbocycles. The van der Waals surface area contributed by atoms with E-state index in [2.05, 4.69) is 15.0 Å². The van der Waals surface area contributed by atoms with E-state index in [0.717, 1.165) is 24.5 Å². The van der Waals surface area contributed by atoms with Gasteiger partial charge >= 0.3 is 6.03 Å². The lowest BCUT2D eigenvalue weighted by Crippen LogP contribution is -2.33. The number of anilines is 1. The first-order valence-corrected chi connectivity index (χ1v) is 10.8. The maximum Gasteiger partial charge on any atom is 0.319 e. The monoisotopic (exact) mass is 451 g/mol. The predicted molar refractivity (Wildman–Crippen MR) is 115 cm³/mol. The van der Waals surface area contributed by atoms with Crippen molar-refractivity contribution in [2.45, 2.75) is 31.9 Å². The molecule has 1 fully saturated rings. The number of likely N-dealkylation sites (tertiary alicyclic amines) is 1. The fourth-order valence-electron chi connectivity index (χ4n) is 3.38. The highest BCUT2D eigenvalue weighted by atomic mass is 32.1. The second kappa shape index (κ2) is 9.90. The van der Waals surface area contributed by atoms with Crippen LogP contribution in [0.3, 0.4) is 0 Å². The number of allylic oxidation sites excluding steroid dienone is 3. The average Bonchev–Trinajstić information content (AvgIpc) is 3.30. The van der Waals surface area contributed by atoms with Crippen LogP contribution in [0.1, 0.15) is 36.5 Å². The van der Waals surface area contributed by atoms with E-state index in [-0.39, 0.29) is 29.0 Å². The van der Waals surface area contributed by atoms with Crippen LogP contribution < -0.4 is 21.1 Å². The standard InChI is InChI=1S/C20H26FN5O4S/c1-20(21)8-3-2-6-13(20)12-30-17-15(16(22)28)18(31-25-17)24-19(29)23-9-5-11-26-10-4-7-14(26)27/h2-3,6,8,13H,4-5,7,9-12H2,1H3,(H2,22,28)(H2,23,24,29). The van der Waals surface area contributed by atoms with Crippen molar-refractivity contribution in [3.63, 3.8) is 0 Å². The molecule has 0 saturated carbocycles. The molecule has 1 aromatic heterocycles. The number of carbonyl (C=O) groups is 3. The summed E-state index contributed by atoms with van der Waals surface area (Å²) in [6, 6.07) is -0.526. The van der Waals surface area contributed by atoms with Gasteiger partial charge in [-0.15, -0.1) is 0 Å². The van der Waals surface area contributed by atoms with Crippen molar-refractivity contribution < 1.29 is 23.5 Å². The van der Waals surface area contributed by atoms with Crippen molar-refractivity contribution in [3.05, 3.63) is 29.9 Å². The summed E-state index contributed by atoms with van der Waals surface area (Å²) in [7, 11) is 0. The summed E-state index contributed by atoms with van der Waals surface area (Å²) in [6.07, 6.45) is 8.53. The third-order valence-corrected chi connectivity index (χ3v) is 5.94. The molecular formula is C20H26FN5O4S. The molecule has 2 atom stereocenters. The van der Waals surface area contributed by atoms with Crippen LogP contribution in [0.5, 0.6) is 5.88 Å². The summed E-state index contributed by atoms with van der Waals surface area (Å²) in [5.41, 5.74) is 3.80. The number of nitrogens with zero attached hydrogens (tertiary/aromatic N) is 2. The molecule has 3 rings (SSSR count). The van der Waals surface area contributed by atoms with Crippen LogP contribution in [-0.4, -0.2) is 59.0 Å². The minimum absolute atomic E-state index is 0.0425. The number of hydrogen-bond donors (Lipinski definition) is 3. The Morgan fingerprint density at radius 2 is 2.26 bits per heavy atom. The summed E-state index contributed by atoms with van der Waals surface area (Å²) >= 11 is 0.853. The number of alkyl halides is 1. The van der Waals surface area contributed by atoms with E-state index in [1.165, 1.54) is 13.0 Å². The number of aromatic nitrogens is 1. The third kappa shape index (κ3) is 5.81. The van der Waals surface area contributed by atoms with E-state index < -0.39 is 23.5 Å². The molecule has 0 bridgehead atoms. The second-order valence-corrected chi connectivity index (χ2v) is 8.36. The SMILES string of the molecule is CC1(F)C=CC=CC1COc1nsc(NC(=O)NCCCN2CCCC2=O)c1C(N)=O. The number of carbonyl (C=O) groups excluding carboxylic acids is 3. The Bertz CT molecular complexity index is 898. The highest BCUT2D eigenvalue weighted by Gasteiger charge is 2.32. The number of halogens is 1. The molecule has 0 radical (unpaired) electrons. The Morgan fingerprint density at radius 1 is 1.45 bits per heavy atom. The van der Waals surface area contributed by atoms with Gasteiger partial charge in [0.25, 0.3) is 5.91 Å². The van der Waals surface area contributed by atoms with Gasteiger partial charge in [-0.2, -0.15) is 4.37 Å². The molecule has 1 aromatic rings. The van der Waals surface area contributed by atoms with Crippen LogP contribution in [-0.2, 0) is 4.79 Å². The Balaban J connectivity index is 1.51. The van der Waals surface area contributed by atoms with Crippen molar-refractivity contribution in [2.24, 2.45) is 11.7 Å². The van der Waals surface area contributed by atoms with Crippen molar-refractivity contribution in [1.82, 2.24) is 14.6 Å². The molecule has 2 unspecified atom stereocenters. The molecule has 9 nitrogen and oxygen atoms in total. The molecule has 1 saturated heterocycles. The topological polar surface area (TPSA) is 127 Å². The first-order valence-electron chi connectivity index (χ1n) is 10.1. The molecule has 11 heteroatoms. The number of ether oxygens (including phenoxy) is 1. The molecule has 1 aliphatic heterocycles. The zero-order valence-corrected chi connectivity index (χ0v) is 18.0. The van der Waals surface area contributed by atoms with Gasteiger partial charge in [-0.05, 0) is 37.4 Å². The molecule has 31 heavy (non-hydrogen) atoms. The van der Waals surface area contributed by atoms with Crippen LogP contribution in [0, 0.1) is 5.92 Å². The third-order valence-electron chi connectivity index (χ3n) is 5.20. The smallest absolute Gasteiger partial charge is 0.319 e. The van der Waals surface area contributed by atoms with Gasteiger partial charge in [0.05, 0.1) is 6.61 Å². The van der Waals surface area contributed by atoms with Gasteiger partial charge in [-0.25, -0.2) is 9.18 Å². The normalized spacial score (nSPS) is 22.6. The lowest BCUT2D eigenvalue weighted by atomic mass is 9.88. The Labute approximate surface area is 183 Å². The molecule has 0 spiro atoms. The van der Waals surface area contributed by atoms with Gasteiger partial charge in [0, 0.05) is 32.0 Å². The summed E-state index contributed by atoms with van der Waals surface area (Å²) in [5, 5.41) is 5.37. The Hall–Kier alpha value is -2.95. The molecule has 1 aliphatic carbocycles. The van der Waals surface area contributed by atoms with Crippen LogP contribution in [0.25, 0.3) is 0 Å². The van der Waals surface area contributed by atoms with Crippen molar-refractivity contribution in [1.29, 1.82) is 0 Å². The van der Waals surface area contributed by atoms with Crippen molar-refractivity contribution in [3.8, 4) is 5.88 Å². The van der Waals surface area contributed by atoms with E-state index in [1.807, 2.05) is 0 Å². The number of primary amides is 1. The van der Waals surface area contributed by atoms with E-state index in [4.69, 9.17) is 10.5 Å².